The topological polar surface area (TPSA) is 113 Å². The second kappa shape index (κ2) is 5.77. The van der Waals surface area contributed by atoms with Gasteiger partial charge in [0.2, 0.25) is 0 Å². The Bertz CT molecular complexity index is 499. The predicted molar refractivity (Wildman–Crippen MR) is 67.8 cm³/mol. The minimum atomic E-state index is -1.87. The lowest BCUT2D eigenvalue weighted by Gasteiger charge is -2.18. The number of nitrogens with zero attached hydrogens (tertiary/aromatic N) is 1. The highest BCUT2D eigenvalue weighted by Gasteiger charge is 2.29. The predicted octanol–water partition coefficient (Wildman–Crippen LogP) is 0.828. The van der Waals surface area contributed by atoms with Crippen molar-refractivity contribution in [2.45, 2.75) is 26.0 Å². The first kappa shape index (κ1) is 15.1. The highest BCUT2D eigenvalue weighted by Crippen LogP contribution is 2.20. The number of nitro groups is 1. The Kier molecular flexibility index (Phi) is 4.57. The summed E-state index contributed by atoms with van der Waals surface area (Å²) in [6.45, 7) is 2.91. The minimum absolute atomic E-state index is 0.0179. The fourth-order valence-corrected chi connectivity index (χ4v) is 1.58. The van der Waals surface area contributed by atoms with Gasteiger partial charge in [-0.15, -0.1) is 0 Å². The molecule has 0 fully saturated rings. The molecule has 7 heteroatoms. The number of carbonyl (C=O) groups is 1. The van der Waals surface area contributed by atoms with Crippen molar-refractivity contribution in [3.8, 4) is 0 Å². The van der Waals surface area contributed by atoms with Crippen LogP contribution in [-0.4, -0.2) is 33.3 Å². The van der Waals surface area contributed by atoms with E-state index in [2.05, 4.69) is 5.32 Å². The smallest absolute Gasteiger partial charge is 0.336 e. The molecule has 19 heavy (non-hydrogen) atoms. The highest BCUT2D eigenvalue weighted by atomic mass is 16.6. The first-order valence-electron chi connectivity index (χ1n) is 5.65. The average molecular weight is 268 g/mol. The Labute approximate surface area is 110 Å². The van der Waals surface area contributed by atoms with Crippen molar-refractivity contribution in [3.63, 3.8) is 0 Å². The molecule has 0 heterocycles. The molecule has 1 aromatic carbocycles. The maximum atomic E-state index is 10.8. The van der Waals surface area contributed by atoms with Crippen LogP contribution in [0.1, 0.15) is 18.1 Å². The summed E-state index contributed by atoms with van der Waals surface area (Å²) in [7, 11) is 0. The average Bonchev–Trinajstić information content (AvgIpc) is 2.30. The van der Waals surface area contributed by atoms with Crippen LogP contribution in [-0.2, 0) is 11.3 Å². The van der Waals surface area contributed by atoms with Crippen LogP contribution in [0, 0.1) is 17.0 Å². The summed E-state index contributed by atoms with van der Waals surface area (Å²) in [6, 6.07) is 4.69. The standard InChI is InChI=1S/C12H16N2O5/c1-8-9(4-3-5-10(8)14(18)19)6-13-7-12(2,17)11(15)16/h3-5,13,17H,6-7H2,1-2H3,(H,15,16). The van der Waals surface area contributed by atoms with Crippen molar-refractivity contribution in [2.24, 2.45) is 0 Å². The van der Waals surface area contributed by atoms with Crippen LogP contribution in [0.2, 0.25) is 0 Å². The molecule has 0 saturated heterocycles. The maximum absolute atomic E-state index is 10.8. The largest absolute Gasteiger partial charge is 0.479 e. The maximum Gasteiger partial charge on any atom is 0.336 e. The zero-order chi connectivity index (χ0) is 14.6. The Balaban J connectivity index is 2.72. The molecule has 7 nitrogen and oxygen atoms in total. The monoisotopic (exact) mass is 268 g/mol. The first-order chi connectivity index (χ1) is 8.75. The van der Waals surface area contributed by atoms with Crippen LogP contribution < -0.4 is 5.32 Å². The Morgan fingerprint density at radius 2 is 2.16 bits per heavy atom. The Morgan fingerprint density at radius 1 is 1.53 bits per heavy atom. The van der Waals surface area contributed by atoms with E-state index in [0.717, 1.165) is 0 Å². The quantitative estimate of drug-likeness (QED) is 0.520. The molecular weight excluding hydrogens is 252 g/mol. The van der Waals surface area contributed by atoms with Gasteiger partial charge in [0.15, 0.2) is 5.60 Å². The van der Waals surface area contributed by atoms with Crippen LogP contribution in [0.15, 0.2) is 18.2 Å². The van der Waals surface area contributed by atoms with E-state index in [1.807, 2.05) is 0 Å². The van der Waals surface area contributed by atoms with Crippen molar-refractivity contribution in [1.82, 2.24) is 5.32 Å². The fourth-order valence-electron chi connectivity index (χ4n) is 1.58. The third-order valence-corrected chi connectivity index (χ3v) is 2.86. The van der Waals surface area contributed by atoms with E-state index in [1.54, 1.807) is 19.1 Å². The van der Waals surface area contributed by atoms with Gasteiger partial charge in [0.1, 0.15) is 0 Å². The summed E-state index contributed by atoms with van der Waals surface area (Å²) in [5.41, 5.74) is -0.635. The summed E-state index contributed by atoms with van der Waals surface area (Å²) in [5, 5.41) is 31.8. The summed E-state index contributed by atoms with van der Waals surface area (Å²) in [6.07, 6.45) is 0. The van der Waals surface area contributed by atoms with Gasteiger partial charge in [-0.1, -0.05) is 12.1 Å². The summed E-state index contributed by atoms with van der Waals surface area (Å²) in [4.78, 5) is 21.0. The van der Waals surface area contributed by atoms with Crippen molar-refractivity contribution < 1.29 is 19.9 Å². The van der Waals surface area contributed by atoms with Gasteiger partial charge in [-0.3, -0.25) is 10.1 Å². The molecule has 1 aromatic rings. The Hall–Kier alpha value is -1.99. The lowest BCUT2D eigenvalue weighted by molar-refractivity contribution is -0.385. The number of aliphatic carboxylic acids is 1. The van der Waals surface area contributed by atoms with Crippen LogP contribution in [0.5, 0.6) is 0 Å². The number of rotatable bonds is 6. The van der Waals surface area contributed by atoms with Gasteiger partial charge in [-0.2, -0.15) is 0 Å². The van der Waals surface area contributed by atoms with Gasteiger partial charge in [0.05, 0.1) is 4.92 Å². The van der Waals surface area contributed by atoms with E-state index >= 15 is 0 Å². The van der Waals surface area contributed by atoms with E-state index in [4.69, 9.17) is 5.11 Å². The third kappa shape index (κ3) is 3.73. The number of nitrogens with one attached hydrogen (secondary N) is 1. The fraction of sp³-hybridized carbons (Fsp3) is 0.417. The number of carboxylic acid groups (broad SMARTS) is 1. The van der Waals surface area contributed by atoms with E-state index in [-0.39, 0.29) is 18.8 Å². The molecule has 0 saturated carbocycles. The van der Waals surface area contributed by atoms with Crippen molar-refractivity contribution >= 4 is 11.7 Å². The van der Waals surface area contributed by atoms with Gasteiger partial charge < -0.3 is 15.5 Å². The van der Waals surface area contributed by atoms with Crippen LogP contribution in [0.3, 0.4) is 0 Å². The molecule has 0 aliphatic carbocycles. The van der Waals surface area contributed by atoms with Crippen LogP contribution >= 0.6 is 0 Å². The van der Waals surface area contributed by atoms with Gasteiger partial charge in [0.25, 0.3) is 5.69 Å². The third-order valence-electron chi connectivity index (χ3n) is 2.86. The van der Waals surface area contributed by atoms with Crippen molar-refractivity contribution in [1.29, 1.82) is 0 Å². The van der Waals surface area contributed by atoms with Crippen LogP contribution in [0.25, 0.3) is 0 Å². The van der Waals surface area contributed by atoms with Gasteiger partial charge in [-0.25, -0.2) is 4.79 Å². The van der Waals surface area contributed by atoms with E-state index in [1.165, 1.54) is 13.0 Å². The number of carboxylic acids is 1. The molecule has 0 amide bonds. The molecule has 3 N–H and O–H groups in total. The molecule has 1 rings (SSSR count). The summed E-state index contributed by atoms with van der Waals surface area (Å²) >= 11 is 0. The molecule has 0 spiro atoms. The van der Waals surface area contributed by atoms with E-state index in [9.17, 15) is 20.0 Å². The molecule has 0 radical (unpaired) electrons. The second-order valence-electron chi connectivity index (χ2n) is 4.50. The molecule has 1 unspecified atom stereocenters. The van der Waals surface area contributed by atoms with Crippen molar-refractivity contribution in [2.75, 3.05) is 6.54 Å². The van der Waals surface area contributed by atoms with E-state index < -0.39 is 16.5 Å². The van der Waals surface area contributed by atoms with E-state index in [0.29, 0.717) is 11.1 Å². The number of benzene rings is 1. The number of hydrogen-bond acceptors (Lipinski definition) is 5. The van der Waals surface area contributed by atoms with Crippen LogP contribution in [0.4, 0.5) is 5.69 Å². The molecule has 0 aliphatic rings. The van der Waals surface area contributed by atoms with Gasteiger partial charge in [-0.05, 0) is 19.4 Å². The second-order valence-corrected chi connectivity index (χ2v) is 4.50. The highest BCUT2D eigenvalue weighted by molar-refractivity contribution is 5.76. The Morgan fingerprint density at radius 3 is 2.68 bits per heavy atom. The number of hydrogen-bond donors (Lipinski definition) is 3. The first-order valence-corrected chi connectivity index (χ1v) is 5.65. The molecule has 1 atom stereocenters. The summed E-state index contributed by atoms with van der Waals surface area (Å²) < 4.78 is 0. The molecular formula is C12H16N2O5. The van der Waals surface area contributed by atoms with Gasteiger partial charge >= 0.3 is 5.97 Å². The summed E-state index contributed by atoms with van der Waals surface area (Å²) in [5.74, 6) is -1.32. The SMILES string of the molecule is Cc1c(CNCC(C)(O)C(=O)O)cccc1[N+](=O)[O-]. The molecule has 104 valence electrons. The lowest BCUT2D eigenvalue weighted by atomic mass is 10.1. The number of nitro benzene ring substituents is 1. The zero-order valence-electron chi connectivity index (χ0n) is 10.7. The van der Waals surface area contributed by atoms with Gasteiger partial charge in [0, 0.05) is 24.7 Å². The molecule has 0 aromatic heterocycles. The molecule has 0 aliphatic heterocycles. The van der Waals surface area contributed by atoms with Crippen molar-refractivity contribution in [3.05, 3.63) is 39.4 Å². The zero-order valence-corrected chi connectivity index (χ0v) is 10.7. The minimum Gasteiger partial charge on any atom is -0.479 e. The lowest BCUT2D eigenvalue weighted by Crippen LogP contribution is -2.44. The molecule has 0 bridgehead atoms. The normalized spacial score (nSPS) is 13.8. The number of aliphatic hydroxyl groups is 1.